The molecule has 0 atom stereocenters. The maximum Gasteiger partial charge on any atom is 0.238 e. The van der Waals surface area contributed by atoms with Crippen molar-refractivity contribution in [2.45, 2.75) is 0 Å². The summed E-state index contributed by atoms with van der Waals surface area (Å²) >= 11 is 0. The average Bonchev–Trinajstić information content (AvgIpc) is 1.60. The molecule has 0 N–H and O–H groups in total. The van der Waals surface area contributed by atoms with Gasteiger partial charge in [-0.25, -0.2) is 4.98 Å². The quantitative estimate of drug-likeness (QED) is 0.116. The highest BCUT2D eigenvalue weighted by Gasteiger charge is 2.26. The Kier molecular flexibility index (Phi) is 14.8. The van der Waals surface area contributed by atoms with E-state index in [1.54, 1.807) is 0 Å². The van der Waals surface area contributed by atoms with E-state index in [9.17, 15) is 0 Å². The van der Waals surface area contributed by atoms with Gasteiger partial charge in [0, 0.05) is 43.4 Å². The number of hydrogen-bond donors (Lipinski definition) is 0. The zero-order chi connectivity index (χ0) is 69.3. The molecule has 0 aliphatic heterocycles. The highest BCUT2D eigenvalue weighted by Crippen LogP contribution is 2.46. The van der Waals surface area contributed by atoms with Crippen LogP contribution in [-0.4, -0.2) is 28.7 Å². The smallest absolute Gasteiger partial charge is 0.238 e. The zero-order valence-corrected chi connectivity index (χ0v) is 57.1. The topological polar surface area (TPSA) is 53.5 Å². The Morgan fingerprint density at radius 2 is 0.371 bits per heavy atom. The van der Waals surface area contributed by atoms with E-state index >= 15 is 0 Å². The SMILES string of the molecule is c1ccc(-c2ccc3c(c2)c2cc(-c4ccccc4)ccc2n3-c2ccccc2-c2nc(-c3ccccc3-n3c4ccc(-c5ccccc5)cc4c4cc(-c5ccccc5)ccc43)nc(-n3c4ccc(-c5ccccc5-c5ccccc5)cc4c4cc(-c5ccccc5-c5ccccc5)ccc43)n2)cc1. The molecule has 4 aromatic heterocycles. The van der Waals surface area contributed by atoms with E-state index in [1.165, 1.54) is 0 Å². The molecule has 0 aliphatic carbocycles. The molecule has 6 heteroatoms. The average molecular weight is 1340 g/mol. The van der Waals surface area contributed by atoms with E-state index in [0.717, 1.165) is 177 Å². The van der Waals surface area contributed by atoms with Crippen LogP contribution in [0.2, 0.25) is 0 Å². The van der Waals surface area contributed by atoms with Gasteiger partial charge in [0.05, 0.1) is 44.5 Å². The van der Waals surface area contributed by atoms with E-state index in [4.69, 9.17) is 15.0 Å². The van der Waals surface area contributed by atoms with Crippen molar-refractivity contribution in [2.75, 3.05) is 0 Å². The fourth-order valence-corrected chi connectivity index (χ4v) is 16.0. The molecule has 20 aromatic rings. The maximum absolute atomic E-state index is 5.87. The van der Waals surface area contributed by atoms with Crippen LogP contribution in [0, 0.1) is 0 Å². The molecule has 0 saturated heterocycles. The fraction of sp³-hybridized carbons (Fsp3) is 0. The maximum atomic E-state index is 5.87. The molecule has 0 unspecified atom stereocenters. The number of aromatic nitrogens is 6. The summed E-state index contributed by atoms with van der Waals surface area (Å²) in [5.74, 6) is 1.53. The van der Waals surface area contributed by atoms with Gasteiger partial charge in [0.2, 0.25) is 5.95 Å². The second-order valence-corrected chi connectivity index (χ2v) is 27.0. The molecule has 0 saturated carbocycles. The second kappa shape index (κ2) is 25.5. The van der Waals surface area contributed by atoms with Crippen molar-refractivity contribution < 1.29 is 0 Å². The van der Waals surface area contributed by atoms with Gasteiger partial charge >= 0.3 is 0 Å². The minimum Gasteiger partial charge on any atom is -0.309 e. The van der Waals surface area contributed by atoms with Crippen LogP contribution in [0.5, 0.6) is 0 Å². The second-order valence-electron chi connectivity index (χ2n) is 27.0. The van der Waals surface area contributed by atoms with Crippen LogP contribution in [0.15, 0.2) is 388 Å². The Labute approximate surface area is 607 Å². The monoisotopic (exact) mass is 1340 g/mol. The van der Waals surface area contributed by atoms with Gasteiger partial charge in [-0.1, -0.05) is 291 Å². The van der Waals surface area contributed by atoms with E-state index in [0.29, 0.717) is 17.6 Å². The molecule has 0 bridgehead atoms. The Balaban J connectivity index is 0.857. The van der Waals surface area contributed by atoms with E-state index in [2.05, 4.69) is 402 Å². The van der Waals surface area contributed by atoms with Crippen LogP contribution in [0.1, 0.15) is 0 Å². The summed E-state index contributed by atoms with van der Waals surface area (Å²) in [5.41, 5.74) is 28.1. The van der Waals surface area contributed by atoms with Crippen LogP contribution < -0.4 is 0 Å². The number of para-hydroxylation sites is 2. The lowest BCUT2D eigenvalue weighted by atomic mass is 9.92. The van der Waals surface area contributed by atoms with E-state index in [-0.39, 0.29) is 0 Å². The summed E-state index contributed by atoms with van der Waals surface area (Å²) in [6.45, 7) is 0. The largest absolute Gasteiger partial charge is 0.309 e. The van der Waals surface area contributed by atoms with Crippen LogP contribution in [0.25, 0.3) is 195 Å². The first-order valence-electron chi connectivity index (χ1n) is 35.8. The van der Waals surface area contributed by atoms with Gasteiger partial charge in [-0.2, -0.15) is 9.97 Å². The van der Waals surface area contributed by atoms with Crippen molar-refractivity contribution in [3.8, 4) is 129 Å². The summed E-state index contributed by atoms with van der Waals surface area (Å²) in [4.78, 5) is 17.6. The Hall–Kier alpha value is -14.1. The number of rotatable bonds is 13. The first-order valence-corrected chi connectivity index (χ1v) is 35.8. The molecule has 0 fully saturated rings. The minimum absolute atomic E-state index is 0.485. The number of benzene rings is 16. The summed E-state index contributed by atoms with van der Waals surface area (Å²) in [6.07, 6.45) is 0. The summed E-state index contributed by atoms with van der Waals surface area (Å²) in [5, 5.41) is 6.71. The van der Waals surface area contributed by atoms with Crippen molar-refractivity contribution in [1.29, 1.82) is 0 Å². The molecule has 490 valence electrons. The van der Waals surface area contributed by atoms with Crippen molar-refractivity contribution in [2.24, 2.45) is 0 Å². The van der Waals surface area contributed by atoms with Crippen LogP contribution in [-0.2, 0) is 0 Å². The van der Waals surface area contributed by atoms with Gasteiger partial charge in [0.25, 0.3) is 0 Å². The molecule has 0 aliphatic rings. The summed E-state index contributed by atoms with van der Waals surface area (Å²) in [7, 11) is 0. The molecular weight excluding hydrogens is 1270 g/mol. The normalized spacial score (nSPS) is 11.6. The highest BCUT2D eigenvalue weighted by molar-refractivity contribution is 6.15. The molecule has 0 amide bonds. The van der Waals surface area contributed by atoms with Gasteiger partial charge in [0.1, 0.15) is 0 Å². The predicted molar refractivity (Wildman–Crippen MR) is 437 cm³/mol. The predicted octanol–water partition coefficient (Wildman–Crippen LogP) is 25.8. The molecule has 20 rings (SSSR count). The van der Waals surface area contributed by atoms with E-state index < -0.39 is 0 Å². The van der Waals surface area contributed by atoms with Crippen molar-refractivity contribution in [1.82, 2.24) is 28.7 Å². The van der Waals surface area contributed by atoms with Crippen LogP contribution >= 0.6 is 0 Å². The van der Waals surface area contributed by atoms with Crippen molar-refractivity contribution in [3.05, 3.63) is 388 Å². The summed E-state index contributed by atoms with van der Waals surface area (Å²) < 4.78 is 7.10. The fourth-order valence-electron chi connectivity index (χ4n) is 16.0. The number of hydrogen-bond acceptors (Lipinski definition) is 3. The number of nitrogens with zero attached hydrogens (tertiary/aromatic N) is 6. The first kappa shape index (κ1) is 60.9. The lowest BCUT2D eigenvalue weighted by molar-refractivity contribution is 0.950. The Morgan fingerprint density at radius 1 is 0.152 bits per heavy atom. The van der Waals surface area contributed by atoms with Crippen LogP contribution in [0.3, 0.4) is 0 Å². The lowest BCUT2D eigenvalue weighted by Gasteiger charge is -2.17. The highest BCUT2D eigenvalue weighted by atomic mass is 15.2. The third-order valence-corrected chi connectivity index (χ3v) is 21.0. The zero-order valence-electron chi connectivity index (χ0n) is 57.1. The Morgan fingerprint density at radius 3 is 0.667 bits per heavy atom. The number of fused-ring (bicyclic) bond motifs is 9. The van der Waals surface area contributed by atoms with Gasteiger partial charge in [-0.3, -0.25) is 4.57 Å². The molecule has 6 nitrogen and oxygen atoms in total. The third kappa shape index (κ3) is 10.6. The van der Waals surface area contributed by atoms with Gasteiger partial charge < -0.3 is 9.13 Å². The first-order chi connectivity index (χ1) is 52.1. The van der Waals surface area contributed by atoms with E-state index in [1.807, 2.05) is 0 Å². The van der Waals surface area contributed by atoms with Gasteiger partial charge in [0.15, 0.2) is 11.6 Å². The molecular formula is C99H64N6. The molecule has 105 heavy (non-hydrogen) atoms. The van der Waals surface area contributed by atoms with Gasteiger partial charge in [-0.05, 0) is 186 Å². The molecule has 4 heterocycles. The van der Waals surface area contributed by atoms with Crippen LogP contribution in [0.4, 0.5) is 0 Å². The minimum atomic E-state index is 0.485. The van der Waals surface area contributed by atoms with Crippen molar-refractivity contribution >= 4 is 65.4 Å². The lowest BCUT2D eigenvalue weighted by Crippen LogP contribution is -2.09. The van der Waals surface area contributed by atoms with Gasteiger partial charge in [-0.15, -0.1) is 0 Å². The standard InChI is InChI=1S/C99H64N6/c1-7-27-65(28-8-1)71-47-53-91-83(59-71)84-60-72(66-29-9-2-10-30-66)48-54-92(84)103(91)89-45-25-23-43-81(89)97-100-98(82-44-24-26-46-90(82)104-93-55-49-73(67-31-11-3-12-32-67)61-85(93)86-62-74(50-56-94(86)104)68-33-13-4-14-34-68)102-99(101-97)105-95-57-51-75(79-41-21-19-39-77(79)69-35-15-5-16-36-69)63-87(95)88-64-76(52-58-96(88)105)80-42-22-20-40-78(80)70-37-17-6-18-38-70/h1-64H. The third-order valence-electron chi connectivity index (χ3n) is 21.0. The molecule has 16 aromatic carbocycles. The Bertz CT molecular complexity index is 6140. The summed E-state index contributed by atoms with van der Waals surface area (Å²) in [6, 6.07) is 140. The molecule has 0 radical (unpaired) electrons. The molecule has 0 spiro atoms. The van der Waals surface area contributed by atoms with Crippen molar-refractivity contribution in [3.63, 3.8) is 0 Å².